The SMILES string of the molecule is CC.CCCCCN(CCC)C(=O)CC1CCc2c1n[nH]c(=O)c2C(F)(F)F.C\C=C(/C=N/C(C)=C/CC)C(F)(F)F. The second-order valence-electron chi connectivity index (χ2n) is 9.57. The third-order valence-electron chi connectivity index (χ3n) is 6.37. The van der Waals surface area contributed by atoms with Crippen molar-refractivity contribution in [3.8, 4) is 0 Å². The summed E-state index contributed by atoms with van der Waals surface area (Å²) in [6, 6.07) is 0. The van der Waals surface area contributed by atoms with Crippen LogP contribution in [-0.4, -0.2) is 46.5 Å². The van der Waals surface area contributed by atoms with Crippen LogP contribution in [0.15, 0.2) is 33.2 Å². The fourth-order valence-corrected chi connectivity index (χ4v) is 4.40. The smallest absolute Gasteiger partial charge is 0.343 e. The Balaban J connectivity index is 0.000000892. The highest BCUT2D eigenvalue weighted by atomic mass is 19.4. The molecule has 1 atom stereocenters. The number of allylic oxidation sites excluding steroid dienone is 4. The second kappa shape index (κ2) is 19.3. The first-order valence-electron chi connectivity index (χ1n) is 14.6. The number of unbranched alkanes of at least 4 members (excludes halogenated alkanes) is 2. The zero-order valence-electron chi connectivity index (χ0n) is 25.8. The van der Waals surface area contributed by atoms with Crippen LogP contribution in [0.25, 0.3) is 0 Å². The van der Waals surface area contributed by atoms with Gasteiger partial charge in [0.25, 0.3) is 5.56 Å². The molecule has 1 heterocycles. The molecular formula is C30H46F6N4O2. The van der Waals surface area contributed by atoms with Crippen LogP contribution in [0.2, 0.25) is 0 Å². The minimum Gasteiger partial charge on any atom is -0.343 e. The van der Waals surface area contributed by atoms with E-state index < -0.39 is 29.0 Å². The van der Waals surface area contributed by atoms with Crippen LogP contribution in [0, 0.1) is 0 Å². The molecule has 12 heteroatoms. The van der Waals surface area contributed by atoms with Crippen LogP contribution in [-0.2, 0) is 17.4 Å². The molecule has 1 amide bonds. The number of fused-ring (bicyclic) bond motifs is 1. The largest absolute Gasteiger partial charge is 0.422 e. The lowest BCUT2D eigenvalue weighted by molar-refractivity contribution is -0.139. The van der Waals surface area contributed by atoms with E-state index in [0.29, 0.717) is 25.2 Å². The lowest BCUT2D eigenvalue weighted by Gasteiger charge is -2.23. The fraction of sp³-hybridized carbons (Fsp3) is 0.667. The Labute approximate surface area is 245 Å². The molecule has 1 unspecified atom stereocenters. The molecule has 0 bridgehead atoms. The first-order valence-corrected chi connectivity index (χ1v) is 14.6. The molecule has 0 radical (unpaired) electrons. The molecule has 6 nitrogen and oxygen atoms in total. The van der Waals surface area contributed by atoms with Gasteiger partial charge < -0.3 is 4.90 Å². The summed E-state index contributed by atoms with van der Waals surface area (Å²) < 4.78 is 76.0. The molecule has 0 fully saturated rings. The number of H-pyrrole nitrogens is 1. The van der Waals surface area contributed by atoms with Gasteiger partial charge in [0.1, 0.15) is 5.56 Å². The molecule has 0 saturated heterocycles. The highest BCUT2D eigenvalue weighted by molar-refractivity contribution is 5.80. The van der Waals surface area contributed by atoms with Gasteiger partial charge in [-0.15, -0.1) is 0 Å². The van der Waals surface area contributed by atoms with Crippen LogP contribution < -0.4 is 5.56 Å². The number of nitrogens with zero attached hydrogens (tertiary/aromatic N) is 3. The molecule has 1 aliphatic rings. The van der Waals surface area contributed by atoms with Crippen LogP contribution in [0.1, 0.15) is 116 Å². The van der Waals surface area contributed by atoms with Gasteiger partial charge in [0.05, 0.1) is 11.3 Å². The van der Waals surface area contributed by atoms with Crippen molar-refractivity contribution in [1.82, 2.24) is 15.1 Å². The van der Waals surface area contributed by atoms with Gasteiger partial charge in [0, 0.05) is 37.3 Å². The van der Waals surface area contributed by atoms with Crippen molar-refractivity contribution < 1.29 is 31.1 Å². The Kier molecular flexibility index (Phi) is 18.0. The first kappa shape index (κ1) is 39.1. The standard InChI is InChI=1S/C18H26F3N3O2.C10H14F3N.C2H6/c1-3-5-6-10-24(9-4-2)14(25)11-12-7-8-13-15(18(19,20)21)17(26)23-22-16(12)13;1-4-6-8(3)14-7-9(5-2)10(11,12)13;1-2/h12H,3-11H2,1-2H3,(H,23,26);5-7H,4H2,1-3H3;1-2H3/b;8-6+,9-5+,14-7+;. The average molecular weight is 609 g/mol. The van der Waals surface area contributed by atoms with Gasteiger partial charge in [-0.2, -0.15) is 31.4 Å². The Bertz CT molecular complexity index is 1100. The molecule has 1 aromatic heterocycles. The number of hydrogen-bond donors (Lipinski definition) is 1. The molecule has 0 spiro atoms. The average Bonchev–Trinajstić information content (AvgIpc) is 3.30. The van der Waals surface area contributed by atoms with Gasteiger partial charge >= 0.3 is 12.4 Å². The number of nitrogens with one attached hydrogen (secondary N) is 1. The number of carbonyl (C=O) groups excluding carboxylic acids is 1. The molecule has 1 aliphatic carbocycles. The van der Waals surface area contributed by atoms with Crippen LogP contribution in [0.4, 0.5) is 26.3 Å². The van der Waals surface area contributed by atoms with Gasteiger partial charge in [0.15, 0.2) is 0 Å². The number of aromatic nitrogens is 2. The Morgan fingerprint density at radius 3 is 2.21 bits per heavy atom. The summed E-state index contributed by atoms with van der Waals surface area (Å²) in [6.07, 6.45) is -0.125. The maximum Gasteiger partial charge on any atom is 0.422 e. The third-order valence-corrected chi connectivity index (χ3v) is 6.37. The molecule has 240 valence electrons. The number of amides is 1. The number of hydrogen-bond acceptors (Lipinski definition) is 4. The Morgan fingerprint density at radius 2 is 1.71 bits per heavy atom. The maximum absolute atomic E-state index is 13.2. The summed E-state index contributed by atoms with van der Waals surface area (Å²) in [5.74, 6) is -0.427. The number of halogens is 6. The third kappa shape index (κ3) is 12.9. The summed E-state index contributed by atoms with van der Waals surface area (Å²) in [6.45, 7) is 14.3. The monoisotopic (exact) mass is 608 g/mol. The number of rotatable bonds is 11. The van der Waals surface area contributed by atoms with Crippen molar-refractivity contribution in [1.29, 1.82) is 0 Å². The maximum atomic E-state index is 13.2. The summed E-state index contributed by atoms with van der Waals surface area (Å²) in [5.41, 5.74) is -2.33. The molecule has 0 aromatic carbocycles. The van der Waals surface area contributed by atoms with Crippen molar-refractivity contribution in [2.45, 2.75) is 118 Å². The predicted octanol–water partition coefficient (Wildman–Crippen LogP) is 8.54. The number of alkyl halides is 6. The van der Waals surface area contributed by atoms with Gasteiger partial charge in [-0.25, -0.2) is 5.10 Å². The zero-order chi connectivity index (χ0) is 32.5. The highest BCUT2D eigenvalue weighted by Gasteiger charge is 2.41. The highest BCUT2D eigenvalue weighted by Crippen LogP contribution is 2.39. The van der Waals surface area contributed by atoms with E-state index in [9.17, 15) is 35.9 Å². The minimum absolute atomic E-state index is 0.0490. The quantitative estimate of drug-likeness (QED) is 0.155. The van der Waals surface area contributed by atoms with Gasteiger partial charge in [0.2, 0.25) is 5.91 Å². The predicted molar refractivity (Wildman–Crippen MR) is 156 cm³/mol. The van der Waals surface area contributed by atoms with Crippen molar-refractivity contribution >= 4 is 12.1 Å². The van der Waals surface area contributed by atoms with E-state index in [1.54, 1.807) is 17.9 Å². The molecule has 0 saturated carbocycles. The molecule has 1 N–H and O–H groups in total. The molecular weight excluding hydrogens is 562 g/mol. The van der Waals surface area contributed by atoms with E-state index in [0.717, 1.165) is 44.4 Å². The lowest BCUT2D eigenvalue weighted by Crippen LogP contribution is -2.33. The van der Waals surface area contributed by atoms with Crippen molar-refractivity contribution in [3.63, 3.8) is 0 Å². The normalized spacial score (nSPS) is 15.5. The topological polar surface area (TPSA) is 78.4 Å². The van der Waals surface area contributed by atoms with Gasteiger partial charge in [-0.3, -0.25) is 14.6 Å². The van der Waals surface area contributed by atoms with Gasteiger partial charge in [-0.05, 0) is 51.5 Å². The van der Waals surface area contributed by atoms with Gasteiger partial charge in [-0.1, -0.05) is 59.6 Å². The van der Waals surface area contributed by atoms with Crippen LogP contribution >= 0.6 is 0 Å². The summed E-state index contributed by atoms with van der Waals surface area (Å²) >= 11 is 0. The Morgan fingerprint density at radius 1 is 1.07 bits per heavy atom. The van der Waals surface area contributed by atoms with Crippen molar-refractivity contribution in [2.75, 3.05) is 13.1 Å². The summed E-state index contributed by atoms with van der Waals surface area (Å²) in [7, 11) is 0. The number of aromatic amines is 1. The van der Waals surface area contributed by atoms with Crippen LogP contribution in [0.5, 0.6) is 0 Å². The van der Waals surface area contributed by atoms with Crippen molar-refractivity contribution in [3.05, 3.63) is 50.6 Å². The fourth-order valence-electron chi connectivity index (χ4n) is 4.40. The first-order chi connectivity index (χ1) is 19.7. The summed E-state index contributed by atoms with van der Waals surface area (Å²) in [5, 5.41) is 5.80. The number of carbonyl (C=O) groups is 1. The molecule has 1 aromatic rings. The van der Waals surface area contributed by atoms with Crippen molar-refractivity contribution in [2.24, 2.45) is 4.99 Å². The number of aliphatic imine (C=N–C) groups is 1. The second-order valence-corrected chi connectivity index (χ2v) is 9.57. The van der Waals surface area contributed by atoms with E-state index in [2.05, 4.69) is 17.0 Å². The van der Waals surface area contributed by atoms with E-state index in [-0.39, 0.29) is 35.9 Å². The van der Waals surface area contributed by atoms with E-state index in [1.165, 1.54) is 6.92 Å². The molecule has 42 heavy (non-hydrogen) atoms. The summed E-state index contributed by atoms with van der Waals surface area (Å²) in [4.78, 5) is 29.7. The molecule has 0 aliphatic heterocycles. The van der Waals surface area contributed by atoms with E-state index in [4.69, 9.17) is 0 Å². The molecule has 2 rings (SSSR count). The zero-order valence-corrected chi connectivity index (χ0v) is 25.8. The minimum atomic E-state index is -4.71. The van der Waals surface area contributed by atoms with E-state index >= 15 is 0 Å². The lowest BCUT2D eigenvalue weighted by atomic mass is 10.0. The Hall–Kier alpha value is -2.92. The van der Waals surface area contributed by atoms with Crippen LogP contribution in [0.3, 0.4) is 0 Å². The van der Waals surface area contributed by atoms with E-state index in [1.807, 2.05) is 32.8 Å².